The van der Waals surface area contributed by atoms with Crippen LogP contribution < -0.4 is 0 Å². The molecule has 5 nitrogen and oxygen atoms in total. The van der Waals surface area contributed by atoms with E-state index in [1.54, 1.807) is 6.20 Å². The van der Waals surface area contributed by atoms with Crippen LogP contribution in [0.25, 0.3) is 55.7 Å². The van der Waals surface area contributed by atoms with Gasteiger partial charge < -0.3 is 4.42 Å². The molecule has 3 aromatic carbocycles. The number of aromatic nitrogens is 4. The van der Waals surface area contributed by atoms with Crippen molar-refractivity contribution >= 4 is 37.6 Å². The van der Waals surface area contributed by atoms with Crippen LogP contribution in [-0.4, -0.2) is 35.6 Å². The molecular formula is C44H47B2F3N4O. The summed E-state index contributed by atoms with van der Waals surface area (Å²) in [5.41, 5.74) is 3.67. The number of furan rings is 1. The van der Waals surface area contributed by atoms with Crippen molar-refractivity contribution in [3.05, 3.63) is 95.2 Å². The minimum absolute atomic E-state index is 0.146. The van der Waals surface area contributed by atoms with Gasteiger partial charge >= 0.3 is 6.18 Å². The third-order valence-corrected chi connectivity index (χ3v) is 10.0. The van der Waals surface area contributed by atoms with E-state index in [2.05, 4.69) is 74.4 Å². The van der Waals surface area contributed by atoms with Gasteiger partial charge in [0.25, 0.3) is 0 Å². The molecule has 0 aliphatic carbocycles. The third-order valence-electron chi connectivity index (χ3n) is 10.0. The smallest absolute Gasteiger partial charge is 0.416 e. The van der Waals surface area contributed by atoms with E-state index in [1.807, 2.05) is 51.1 Å². The Hall–Kier alpha value is -4.46. The van der Waals surface area contributed by atoms with E-state index in [9.17, 15) is 13.2 Å². The summed E-state index contributed by atoms with van der Waals surface area (Å²) in [6.07, 6.45) is -2.78. The van der Waals surface area contributed by atoms with Crippen LogP contribution in [0.15, 0.2) is 71.3 Å². The second kappa shape index (κ2) is 12.8. The van der Waals surface area contributed by atoms with Crippen LogP contribution in [0.4, 0.5) is 13.2 Å². The monoisotopic (exact) mass is 726 g/mol. The molecule has 54 heavy (non-hydrogen) atoms. The molecule has 0 saturated heterocycles. The summed E-state index contributed by atoms with van der Waals surface area (Å²) in [5, 5.41) is -0.0365. The number of rotatable bonds is 4. The SMILES string of the molecule is [B]C([B])(c1cnc(-c2cccc3c2oc2cc(C(F)(F)F)ccc23)cc1-c1ccc(-c2nc(C(C)(C)C)nc(C(C)(C)C)n2)cc1C(C)(C)C)C(C)(C)C. The highest BCUT2D eigenvalue weighted by atomic mass is 19.4. The quantitative estimate of drug-likeness (QED) is 0.169. The minimum atomic E-state index is -4.50. The fraction of sp³-hybridized carbons (Fsp3) is 0.409. The standard InChI is InChI=1S/C44H47B2F3N4O/c1-39(2,3)31-20-24(36-51-37(40(4,5)6)53-38(52-36)41(7,8)9)16-18-26(31)30-22-33(50-23-32(30)43(45,46)42(10,11)12)29-15-13-14-28-27-19-17-25(44(47,48)49)21-34(27)54-35(28)29/h13-23H,1-12H3. The van der Waals surface area contributed by atoms with Crippen LogP contribution in [-0.2, 0) is 27.6 Å². The molecular weight excluding hydrogens is 679 g/mol. The van der Waals surface area contributed by atoms with Crippen LogP contribution in [0.2, 0.25) is 0 Å². The van der Waals surface area contributed by atoms with Crippen molar-refractivity contribution in [2.45, 2.75) is 111 Å². The number of para-hydroxylation sites is 1. The van der Waals surface area contributed by atoms with Crippen LogP contribution in [0.1, 0.15) is 111 Å². The fourth-order valence-electron chi connectivity index (χ4n) is 6.45. The van der Waals surface area contributed by atoms with E-state index in [-0.39, 0.29) is 21.8 Å². The van der Waals surface area contributed by atoms with Crippen molar-refractivity contribution in [3.8, 4) is 33.8 Å². The summed E-state index contributed by atoms with van der Waals surface area (Å²) in [5.74, 6) is 2.03. The van der Waals surface area contributed by atoms with Gasteiger partial charge in [0.2, 0.25) is 0 Å². The zero-order valence-corrected chi connectivity index (χ0v) is 33.3. The Labute approximate surface area is 319 Å². The molecule has 0 atom stereocenters. The first-order valence-electron chi connectivity index (χ1n) is 18.2. The summed E-state index contributed by atoms with van der Waals surface area (Å²) < 4.78 is 47.0. The molecule has 0 amide bonds. The minimum Gasteiger partial charge on any atom is -0.455 e. The highest BCUT2D eigenvalue weighted by molar-refractivity contribution is 6.41. The molecule has 0 aliphatic heterocycles. The van der Waals surface area contributed by atoms with E-state index >= 15 is 0 Å². The van der Waals surface area contributed by atoms with Gasteiger partial charge in [0.15, 0.2) is 5.82 Å². The molecule has 3 heterocycles. The van der Waals surface area contributed by atoms with Gasteiger partial charge in [0, 0.05) is 38.9 Å². The molecule has 0 unspecified atom stereocenters. The van der Waals surface area contributed by atoms with E-state index in [4.69, 9.17) is 40.0 Å². The Kier molecular flexibility index (Phi) is 9.31. The van der Waals surface area contributed by atoms with Gasteiger partial charge in [-0.2, -0.15) is 13.2 Å². The zero-order chi connectivity index (χ0) is 40.0. The summed E-state index contributed by atoms with van der Waals surface area (Å²) in [6, 6.07) is 17.3. The molecule has 10 heteroatoms. The van der Waals surface area contributed by atoms with Crippen molar-refractivity contribution < 1.29 is 17.6 Å². The normalized spacial score (nSPS) is 13.6. The molecule has 0 aliphatic rings. The van der Waals surface area contributed by atoms with Gasteiger partial charge in [-0.1, -0.05) is 113 Å². The van der Waals surface area contributed by atoms with Crippen molar-refractivity contribution in [1.29, 1.82) is 0 Å². The number of hydrogen-bond acceptors (Lipinski definition) is 5. The second-order valence-electron chi connectivity index (χ2n) is 18.5. The molecule has 0 saturated carbocycles. The van der Waals surface area contributed by atoms with E-state index < -0.39 is 22.4 Å². The number of benzene rings is 3. The lowest BCUT2D eigenvalue weighted by Gasteiger charge is -2.42. The Morgan fingerprint density at radius 3 is 1.78 bits per heavy atom. The number of halogens is 3. The Balaban J connectivity index is 1.62. The van der Waals surface area contributed by atoms with Crippen molar-refractivity contribution in [2.75, 3.05) is 0 Å². The molecule has 0 fully saturated rings. The Morgan fingerprint density at radius 2 is 1.22 bits per heavy atom. The average Bonchev–Trinajstić information content (AvgIpc) is 3.44. The van der Waals surface area contributed by atoms with Gasteiger partial charge in [-0.05, 0) is 69.5 Å². The third kappa shape index (κ3) is 7.21. The predicted molar refractivity (Wildman–Crippen MR) is 215 cm³/mol. The van der Waals surface area contributed by atoms with E-state index in [0.717, 1.165) is 46.0 Å². The molecule has 4 radical (unpaired) electrons. The van der Waals surface area contributed by atoms with Gasteiger partial charge in [0.05, 0.1) is 26.9 Å². The summed E-state index contributed by atoms with van der Waals surface area (Å²) in [6.45, 7) is 25.0. The summed E-state index contributed by atoms with van der Waals surface area (Å²) >= 11 is 0. The van der Waals surface area contributed by atoms with Crippen molar-refractivity contribution in [2.24, 2.45) is 5.41 Å². The topological polar surface area (TPSA) is 64.7 Å². The molecule has 0 bridgehead atoms. The maximum Gasteiger partial charge on any atom is 0.416 e. The average molecular weight is 727 g/mol. The highest BCUT2D eigenvalue weighted by Crippen LogP contribution is 2.46. The zero-order valence-electron chi connectivity index (χ0n) is 33.3. The Bertz CT molecular complexity index is 2370. The lowest BCUT2D eigenvalue weighted by atomic mass is 9.40. The fourth-order valence-corrected chi connectivity index (χ4v) is 6.45. The summed E-state index contributed by atoms with van der Waals surface area (Å²) in [4.78, 5) is 19.7. The molecule has 3 aromatic heterocycles. The van der Waals surface area contributed by atoms with E-state index in [1.165, 1.54) is 6.07 Å². The number of pyridine rings is 1. The van der Waals surface area contributed by atoms with Crippen LogP contribution in [0, 0.1) is 5.41 Å². The second-order valence-corrected chi connectivity index (χ2v) is 18.5. The molecule has 0 N–H and O–H groups in total. The molecule has 6 rings (SSSR count). The maximum atomic E-state index is 13.6. The number of hydrogen-bond donors (Lipinski definition) is 0. The number of fused-ring (bicyclic) bond motifs is 3. The predicted octanol–water partition coefficient (Wildman–Crippen LogP) is 11.6. The van der Waals surface area contributed by atoms with Gasteiger partial charge in [-0.25, -0.2) is 15.0 Å². The molecule has 0 spiro atoms. The lowest BCUT2D eigenvalue weighted by Crippen LogP contribution is -2.42. The first-order chi connectivity index (χ1) is 24.7. The number of nitrogens with zero attached hydrogens (tertiary/aromatic N) is 4. The van der Waals surface area contributed by atoms with Crippen molar-refractivity contribution in [3.63, 3.8) is 0 Å². The van der Waals surface area contributed by atoms with Gasteiger partial charge in [0.1, 0.15) is 22.8 Å². The van der Waals surface area contributed by atoms with Crippen LogP contribution >= 0.6 is 0 Å². The summed E-state index contributed by atoms with van der Waals surface area (Å²) in [7, 11) is 14.1. The highest BCUT2D eigenvalue weighted by Gasteiger charge is 2.37. The maximum absolute atomic E-state index is 13.6. The first-order valence-corrected chi connectivity index (χ1v) is 18.2. The molecule has 276 valence electrons. The van der Waals surface area contributed by atoms with Crippen molar-refractivity contribution in [1.82, 2.24) is 19.9 Å². The molecule has 6 aromatic rings. The van der Waals surface area contributed by atoms with Crippen LogP contribution in [0.3, 0.4) is 0 Å². The van der Waals surface area contributed by atoms with E-state index in [0.29, 0.717) is 39.0 Å². The Morgan fingerprint density at radius 1 is 0.593 bits per heavy atom. The van der Waals surface area contributed by atoms with Gasteiger partial charge in [-0.15, -0.1) is 0 Å². The number of alkyl halides is 3. The first kappa shape index (κ1) is 39.2. The van der Waals surface area contributed by atoms with Crippen LogP contribution in [0.5, 0.6) is 0 Å². The lowest BCUT2D eigenvalue weighted by molar-refractivity contribution is -0.137. The van der Waals surface area contributed by atoms with Gasteiger partial charge in [-0.3, -0.25) is 4.98 Å². The largest absolute Gasteiger partial charge is 0.455 e.